The molecule has 0 radical (unpaired) electrons. The molecular weight excluding hydrogens is 268 g/mol. The van der Waals surface area contributed by atoms with Crippen LogP contribution < -0.4 is 14.2 Å². The number of benzene rings is 2. The van der Waals surface area contributed by atoms with Gasteiger partial charge in [-0.25, -0.2) is 0 Å². The van der Waals surface area contributed by atoms with Gasteiger partial charge < -0.3 is 19.3 Å². The van der Waals surface area contributed by atoms with Crippen LogP contribution in [0, 0.1) is 0 Å². The predicted octanol–water partition coefficient (Wildman–Crippen LogP) is 3.17. The summed E-state index contributed by atoms with van der Waals surface area (Å²) < 4.78 is 16.4. The molecule has 0 aliphatic heterocycles. The summed E-state index contributed by atoms with van der Waals surface area (Å²) in [6.45, 7) is 2.97. The van der Waals surface area contributed by atoms with Gasteiger partial charge in [0.25, 0.3) is 0 Å². The minimum atomic E-state index is 0.0000475. The van der Waals surface area contributed by atoms with Crippen LogP contribution in [-0.2, 0) is 13.2 Å². The Morgan fingerprint density at radius 3 is 2.19 bits per heavy atom. The van der Waals surface area contributed by atoms with E-state index in [1.165, 1.54) is 0 Å². The molecular formula is C17H20O4. The Labute approximate surface area is 124 Å². The standard InChI is InChI=1S/C17H20O4/c1-3-20-15-5-7-16(8-6-15)21-12-14-10-13(11-18)4-9-17(14)19-2/h4-10,18H,3,11-12H2,1-2H3. The highest BCUT2D eigenvalue weighted by Crippen LogP contribution is 2.23. The second-order valence-corrected chi connectivity index (χ2v) is 4.50. The molecule has 0 heterocycles. The average molecular weight is 288 g/mol. The van der Waals surface area contributed by atoms with Crippen molar-refractivity contribution in [3.63, 3.8) is 0 Å². The minimum Gasteiger partial charge on any atom is -0.496 e. The first kappa shape index (κ1) is 15.2. The molecule has 2 aromatic rings. The molecule has 0 bridgehead atoms. The molecule has 112 valence electrons. The number of hydrogen-bond donors (Lipinski definition) is 1. The lowest BCUT2D eigenvalue weighted by molar-refractivity contribution is 0.278. The molecule has 0 saturated heterocycles. The van der Waals surface area contributed by atoms with E-state index >= 15 is 0 Å². The topological polar surface area (TPSA) is 47.9 Å². The summed E-state index contributed by atoms with van der Waals surface area (Å²) in [7, 11) is 1.62. The van der Waals surface area contributed by atoms with Crippen molar-refractivity contribution >= 4 is 0 Å². The maximum atomic E-state index is 9.20. The third-order valence-corrected chi connectivity index (χ3v) is 3.06. The fraction of sp³-hybridized carbons (Fsp3) is 0.294. The monoisotopic (exact) mass is 288 g/mol. The Bertz CT molecular complexity index is 564. The molecule has 2 aromatic carbocycles. The van der Waals surface area contributed by atoms with E-state index in [-0.39, 0.29) is 6.61 Å². The summed E-state index contributed by atoms with van der Waals surface area (Å²) in [5, 5.41) is 9.20. The van der Waals surface area contributed by atoms with Crippen molar-refractivity contribution in [3.05, 3.63) is 53.6 Å². The zero-order valence-corrected chi connectivity index (χ0v) is 12.3. The van der Waals surface area contributed by atoms with Crippen LogP contribution in [0.2, 0.25) is 0 Å². The molecule has 0 saturated carbocycles. The van der Waals surface area contributed by atoms with Gasteiger partial charge in [0.1, 0.15) is 23.9 Å². The molecule has 0 fully saturated rings. The molecule has 0 atom stereocenters. The molecule has 2 rings (SSSR count). The summed E-state index contributed by atoms with van der Waals surface area (Å²) in [5.41, 5.74) is 1.74. The van der Waals surface area contributed by atoms with E-state index < -0.39 is 0 Å². The minimum absolute atomic E-state index is 0.0000475. The fourth-order valence-electron chi connectivity index (χ4n) is 2.00. The van der Waals surface area contributed by atoms with Crippen molar-refractivity contribution in [1.82, 2.24) is 0 Å². The molecule has 0 aliphatic rings. The smallest absolute Gasteiger partial charge is 0.125 e. The van der Waals surface area contributed by atoms with Crippen molar-refractivity contribution < 1.29 is 19.3 Å². The Morgan fingerprint density at radius 1 is 0.952 bits per heavy atom. The van der Waals surface area contributed by atoms with Crippen molar-refractivity contribution in [2.75, 3.05) is 13.7 Å². The van der Waals surface area contributed by atoms with Gasteiger partial charge in [0, 0.05) is 5.56 Å². The van der Waals surface area contributed by atoms with Crippen LogP contribution >= 0.6 is 0 Å². The van der Waals surface area contributed by atoms with Gasteiger partial charge >= 0.3 is 0 Å². The first-order valence-electron chi connectivity index (χ1n) is 6.89. The van der Waals surface area contributed by atoms with E-state index in [2.05, 4.69) is 0 Å². The lowest BCUT2D eigenvalue weighted by Gasteiger charge is -2.12. The van der Waals surface area contributed by atoms with Crippen molar-refractivity contribution in [2.24, 2.45) is 0 Å². The Balaban J connectivity index is 2.04. The second kappa shape index (κ2) is 7.55. The van der Waals surface area contributed by atoms with Gasteiger partial charge in [0.2, 0.25) is 0 Å². The molecule has 21 heavy (non-hydrogen) atoms. The highest BCUT2D eigenvalue weighted by atomic mass is 16.5. The van der Waals surface area contributed by atoms with E-state index in [0.29, 0.717) is 13.2 Å². The molecule has 1 N–H and O–H groups in total. The van der Waals surface area contributed by atoms with Gasteiger partial charge in [-0.2, -0.15) is 0 Å². The average Bonchev–Trinajstić information content (AvgIpc) is 2.54. The predicted molar refractivity (Wildman–Crippen MR) is 80.9 cm³/mol. The van der Waals surface area contributed by atoms with E-state index in [0.717, 1.165) is 28.4 Å². The summed E-state index contributed by atoms with van der Waals surface area (Å²) in [6, 6.07) is 13.0. The zero-order chi connectivity index (χ0) is 15.1. The molecule has 4 nitrogen and oxygen atoms in total. The number of rotatable bonds is 7. The van der Waals surface area contributed by atoms with Gasteiger partial charge in [0.15, 0.2) is 0 Å². The third-order valence-electron chi connectivity index (χ3n) is 3.06. The summed E-state index contributed by atoms with van der Waals surface area (Å²) >= 11 is 0. The summed E-state index contributed by atoms with van der Waals surface area (Å²) in [5.74, 6) is 2.33. The van der Waals surface area contributed by atoms with Crippen LogP contribution in [-0.4, -0.2) is 18.8 Å². The highest BCUT2D eigenvalue weighted by molar-refractivity contribution is 5.37. The fourth-order valence-corrected chi connectivity index (χ4v) is 2.00. The van der Waals surface area contributed by atoms with Gasteiger partial charge in [-0.3, -0.25) is 0 Å². The van der Waals surface area contributed by atoms with Crippen molar-refractivity contribution in [2.45, 2.75) is 20.1 Å². The first-order valence-corrected chi connectivity index (χ1v) is 6.89. The SMILES string of the molecule is CCOc1ccc(OCc2cc(CO)ccc2OC)cc1. The molecule has 0 aliphatic carbocycles. The Kier molecular flexibility index (Phi) is 5.46. The van der Waals surface area contributed by atoms with Crippen LogP contribution in [0.3, 0.4) is 0 Å². The van der Waals surface area contributed by atoms with Crippen LogP contribution in [0.5, 0.6) is 17.2 Å². The third kappa shape index (κ3) is 4.13. The molecule has 0 unspecified atom stereocenters. The zero-order valence-electron chi connectivity index (χ0n) is 12.3. The summed E-state index contributed by atoms with van der Waals surface area (Å²) in [4.78, 5) is 0. The van der Waals surface area contributed by atoms with Crippen LogP contribution in [0.25, 0.3) is 0 Å². The first-order chi connectivity index (χ1) is 10.3. The van der Waals surface area contributed by atoms with Crippen LogP contribution in [0.1, 0.15) is 18.1 Å². The van der Waals surface area contributed by atoms with E-state index in [4.69, 9.17) is 14.2 Å². The Hall–Kier alpha value is -2.20. The van der Waals surface area contributed by atoms with Gasteiger partial charge in [-0.15, -0.1) is 0 Å². The Morgan fingerprint density at radius 2 is 1.62 bits per heavy atom. The second-order valence-electron chi connectivity index (χ2n) is 4.50. The van der Waals surface area contributed by atoms with Gasteiger partial charge in [-0.05, 0) is 48.9 Å². The van der Waals surface area contributed by atoms with Gasteiger partial charge in [0.05, 0.1) is 20.3 Å². The number of ether oxygens (including phenoxy) is 3. The number of hydrogen-bond acceptors (Lipinski definition) is 4. The number of aliphatic hydroxyl groups is 1. The maximum Gasteiger partial charge on any atom is 0.125 e. The van der Waals surface area contributed by atoms with Crippen LogP contribution in [0.15, 0.2) is 42.5 Å². The van der Waals surface area contributed by atoms with E-state index in [1.807, 2.05) is 49.4 Å². The molecule has 0 spiro atoms. The largest absolute Gasteiger partial charge is 0.496 e. The number of methoxy groups -OCH3 is 1. The lowest BCUT2D eigenvalue weighted by Crippen LogP contribution is -2.00. The molecule has 0 amide bonds. The van der Waals surface area contributed by atoms with E-state index in [9.17, 15) is 5.11 Å². The van der Waals surface area contributed by atoms with E-state index in [1.54, 1.807) is 7.11 Å². The lowest BCUT2D eigenvalue weighted by atomic mass is 10.1. The van der Waals surface area contributed by atoms with Crippen molar-refractivity contribution in [3.8, 4) is 17.2 Å². The molecule has 0 aromatic heterocycles. The molecule has 4 heteroatoms. The normalized spacial score (nSPS) is 10.2. The van der Waals surface area contributed by atoms with Crippen molar-refractivity contribution in [1.29, 1.82) is 0 Å². The quantitative estimate of drug-likeness (QED) is 0.850. The summed E-state index contributed by atoms with van der Waals surface area (Å²) in [6.07, 6.45) is 0. The maximum absolute atomic E-state index is 9.20. The number of aliphatic hydroxyl groups excluding tert-OH is 1. The van der Waals surface area contributed by atoms with Crippen LogP contribution in [0.4, 0.5) is 0 Å². The van der Waals surface area contributed by atoms with Gasteiger partial charge in [-0.1, -0.05) is 6.07 Å². The highest BCUT2D eigenvalue weighted by Gasteiger charge is 2.05.